The van der Waals surface area contributed by atoms with Gasteiger partial charge in [0.25, 0.3) is 5.69 Å². The van der Waals surface area contributed by atoms with Crippen LogP contribution in [0, 0.1) is 15.9 Å². The molecular weight excluding hydrogens is 325 g/mol. The summed E-state index contributed by atoms with van der Waals surface area (Å²) in [6.45, 7) is 1.87. The van der Waals surface area contributed by atoms with Crippen molar-refractivity contribution in [2.24, 2.45) is 0 Å². The minimum Gasteiger partial charge on any atom is -0.496 e. The topological polar surface area (TPSA) is 77.3 Å². The highest BCUT2D eigenvalue weighted by atomic mass is 19.1. The number of methoxy groups -OCH3 is 1. The molecule has 3 rings (SSSR count). The van der Waals surface area contributed by atoms with Crippen molar-refractivity contribution in [2.75, 3.05) is 12.4 Å². The third kappa shape index (κ3) is 3.50. The van der Waals surface area contributed by atoms with Crippen molar-refractivity contribution in [3.63, 3.8) is 0 Å². The van der Waals surface area contributed by atoms with Gasteiger partial charge in [0.2, 0.25) is 0 Å². The van der Waals surface area contributed by atoms with E-state index in [1.807, 2.05) is 6.92 Å². The molecule has 0 saturated heterocycles. The van der Waals surface area contributed by atoms with Crippen LogP contribution in [0.15, 0.2) is 48.5 Å². The van der Waals surface area contributed by atoms with E-state index in [-0.39, 0.29) is 17.5 Å². The number of aromatic nitrogens is 1. The van der Waals surface area contributed by atoms with Gasteiger partial charge in [-0.05, 0) is 43.3 Å². The number of hydrogen-bond acceptors (Lipinski definition) is 5. The molecule has 0 radical (unpaired) electrons. The zero-order valence-corrected chi connectivity index (χ0v) is 13.7. The number of anilines is 1. The summed E-state index contributed by atoms with van der Waals surface area (Å²) in [4.78, 5) is 14.8. The molecule has 0 aliphatic carbocycles. The molecule has 0 fully saturated rings. The molecule has 0 bridgehead atoms. The van der Waals surface area contributed by atoms with E-state index in [1.165, 1.54) is 31.4 Å². The van der Waals surface area contributed by atoms with E-state index in [0.717, 1.165) is 0 Å². The third-order valence-corrected chi connectivity index (χ3v) is 3.91. The second-order valence-corrected chi connectivity index (χ2v) is 5.58. The van der Waals surface area contributed by atoms with E-state index >= 15 is 0 Å². The van der Waals surface area contributed by atoms with E-state index in [0.29, 0.717) is 28.0 Å². The summed E-state index contributed by atoms with van der Waals surface area (Å²) in [6.07, 6.45) is 0. The van der Waals surface area contributed by atoms with Gasteiger partial charge in [-0.2, -0.15) is 0 Å². The van der Waals surface area contributed by atoms with Gasteiger partial charge in [-0.1, -0.05) is 0 Å². The van der Waals surface area contributed by atoms with Crippen LogP contribution in [0.2, 0.25) is 0 Å². The molecule has 0 amide bonds. The fourth-order valence-electron chi connectivity index (χ4n) is 2.65. The molecule has 2 aromatic carbocycles. The van der Waals surface area contributed by atoms with Crippen LogP contribution in [0.1, 0.15) is 18.5 Å². The van der Waals surface area contributed by atoms with Gasteiger partial charge in [0.1, 0.15) is 17.4 Å². The van der Waals surface area contributed by atoms with Crippen molar-refractivity contribution in [3.05, 3.63) is 70.0 Å². The number of rotatable bonds is 5. The fraction of sp³-hybridized carbons (Fsp3) is 0.167. The smallest absolute Gasteiger partial charge is 0.270 e. The number of halogens is 1. The Bertz CT molecular complexity index is 946. The number of ether oxygens (including phenoxy) is 1. The molecule has 0 aliphatic heterocycles. The number of nitro benzene ring substituents is 1. The van der Waals surface area contributed by atoms with Crippen molar-refractivity contribution in [2.45, 2.75) is 13.0 Å². The Morgan fingerprint density at radius 3 is 2.72 bits per heavy atom. The van der Waals surface area contributed by atoms with Crippen LogP contribution in [0.25, 0.3) is 10.9 Å². The Kier molecular flexibility index (Phi) is 4.47. The van der Waals surface area contributed by atoms with Gasteiger partial charge in [0.05, 0.1) is 23.6 Å². The van der Waals surface area contributed by atoms with Crippen LogP contribution in [-0.2, 0) is 0 Å². The predicted octanol–water partition coefficient (Wildman–Crippen LogP) is 4.46. The van der Waals surface area contributed by atoms with Gasteiger partial charge in [-0.25, -0.2) is 9.37 Å². The minimum atomic E-state index is -0.441. The van der Waals surface area contributed by atoms with E-state index in [2.05, 4.69) is 10.3 Å². The van der Waals surface area contributed by atoms with Crippen molar-refractivity contribution < 1.29 is 14.1 Å². The lowest BCUT2D eigenvalue weighted by Gasteiger charge is -2.18. The molecule has 0 spiro atoms. The van der Waals surface area contributed by atoms with Gasteiger partial charge in [0.15, 0.2) is 0 Å². The molecule has 1 N–H and O–H groups in total. The molecule has 1 heterocycles. The zero-order valence-electron chi connectivity index (χ0n) is 13.7. The molecule has 0 saturated carbocycles. The third-order valence-electron chi connectivity index (χ3n) is 3.91. The second kappa shape index (κ2) is 6.72. The number of hydrogen-bond donors (Lipinski definition) is 1. The highest BCUT2D eigenvalue weighted by Crippen LogP contribution is 2.29. The molecule has 7 heteroatoms. The summed E-state index contributed by atoms with van der Waals surface area (Å²) in [5, 5.41) is 14.7. The lowest BCUT2D eigenvalue weighted by atomic mass is 10.1. The summed E-state index contributed by atoms with van der Waals surface area (Å²) < 4.78 is 18.8. The van der Waals surface area contributed by atoms with Crippen LogP contribution in [-0.4, -0.2) is 17.0 Å². The monoisotopic (exact) mass is 341 g/mol. The summed E-state index contributed by atoms with van der Waals surface area (Å²) in [5.74, 6) is 0.821. The Morgan fingerprint density at radius 1 is 1.20 bits per heavy atom. The molecule has 25 heavy (non-hydrogen) atoms. The Balaban J connectivity index is 1.89. The summed E-state index contributed by atoms with van der Waals surface area (Å²) in [5.41, 5.74) is 1.33. The maximum absolute atomic E-state index is 13.5. The van der Waals surface area contributed by atoms with Crippen LogP contribution in [0.4, 0.5) is 15.9 Å². The molecule has 3 aromatic rings. The van der Waals surface area contributed by atoms with Crippen LogP contribution in [0.5, 0.6) is 5.75 Å². The first-order chi connectivity index (χ1) is 12.0. The van der Waals surface area contributed by atoms with Gasteiger partial charge >= 0.3 is 0 Å². The Hall–Kier alpha value is -3.22. The SMILES string of the molecule is COc1ccc(F)cc1[C@H](C)Nc1ccc2cc([N+](=O)[O-])ccc2n1. The number of non-ortho nitro benzene ring substituents is 1. The largest absolute Gasteiger partial charge is 0.496 e. The van der Waals surface area contributed by atoms with Gasteiger partial charge in [-0.15, -0.1) is 0 Å². The van der Waals surface area contributed by atoms with Crippen molar-refractivity contribution in [3.8, 4) is 5.75 Å². The maximum atomic E-state index is 13.5. The molecule has 0 unspecified atom stereocenters. The van der Waals surface area contributed by atoms with Crippen molar-refractivity contribution in [1.29, 1.82) is 0 Å². The second-order valence-electron chi connectivity index (χ2n) is 5.58. The highest BCUT2D eigenvalue weighted by Gasteiger charge is 2.14. The van der Waals surface area contributed by atoms with Crippen molar-refractivity contribution >= 4 is 22.4 Å². The van der Waals surface area contributed by atoms with E-state index in [4.69, 9.17) is 4.74 Å². The Morgan fingerprint density at radius 2 is 2.00 bits per heavy atom. The molecule has 1 aromatic heterocycles. The van der Waals surface area contributed by atoms with E-state index in [9.17, 15) is 14.5 Å². The average Bonchev–Trinajstić information content (AvgIpc) is 2.61. The van der Waals surface area contributed by atoms with Gasteiger partial charge in [-0.3, -0.25) is 10.1 Å². The van der Waals surface area contributed by atoms with Crippen LogP contribution in [0.3, 0.4) is 0 Å². The molecule has 0 aliphatic rings. The molecular formula is C18H16FN3O3. The molecule has 6 nitrogen and oxygen atoms in total. The number of nitro groups is 1. The normalized spacial score (nSPS) is 12.0. The minimum absolute atomic E-state index is 0.0212. The first-order valence-electron chi connectivity index (χ1n) is 7.63. The molecule has 1 atom stereocenters. The average molecular weight is 341 g/mol. The quantitative estimate of drug-likeness (QED) is 0.547. The molecule has 128 valence electrons. The van der Waals surface area contributed by atoms with Crippen LogP contribution >= 0.6 is 0 Å². The van der Waals surface area contributed by atoms with Gasteiger partial charge in [0, 0.05) is 23.1 Å². The Labute approximate surface area is 143 Å². The standard InChI is InChI=1S/C18H16FN3O3/c1-11(15-10-13(19)4-7-17(15)25-2)20-18-8-3-12-9-14(22(23)24)5-6-16(12)21-18/h3-11H,1-2H3,(H,20,21)/t11-/m0/s1. The number of nitrogens with one attached hydrogen (secondary N) is 1. The first-order valence-corrected chi connectivity index (χ1v) is 7.63. The first kappa shape index (κ1) is 16.6. The number of pyridine rings is 1. The fourth-order valence-corrected chi connectivity index (χ4v) is 2.65. The number of nitrogens with zero attached hydrogens (tertiary/aromatic N) is 2. The summed E-state index contributed by atoms with van der Waals surface area (Å²) >= 11 is 0. The number of benzene rings is 2. The zero-order chi connectivity index (χ0) is 18.0. The lowest BCUT2D eigenvalue weighted by Crippen LogP contribution is -2.09. The van der Waals surface area contributed by atoms with Gasteiger partial charge < -0.3 is 10.1 Å². The van der Waals surface area contributed by atoms with E-state index in [1.54, 1.807) is 24.3 Å². The summed E-state index contributed by atoms with van der Waals surface area (Å²) in [7, 11) is 1.53. The maximum Gasteiger partial charge on any atom is 0.270 e. The number of fused-ring (bicyclic) bond motifs is 1. The predicted molar refractivity (Wildman–Crippen MR) is 93.4 cm³/mol. The van der Waals surface area contributed by atoms with Crippen LogP contribution < -0.4 is 10.1 Å². The lowest BCUT2D eigenvalue weighted by molar-refractivity contribution is -0.384. The van der Waals surface area contributed by atoms with E-state index < -0.39 is 4.92 Å². The highest BCUT2D eigenvalue weighted by molar-refractivity contribution is 5.82. The van der Waals surface area contributed by atoms with Crippen molar-refractivity contribution in [1.82, 2.24) is 4.98 Å². The summed E-state index contributed by atoms with van der Waals surface area (Å²) in [6, 6.07) is 12.1.